The van der Waals surface area contributed by atoms with Crippen LogP contribution in [0, 0.1) is 11.3 Å². The van der Waals surface area contributed by atoms with Gasteiger partial charge in [0.05, 0.1) is 6.07 Å². The number of rotatable bonds is 2. The van der Waals surface area contributed by atoms with Crippen LogP contribution in [-0.2, 0) is 4.79 Å². The third kappa shape index (κ3) is 3.41. The van der Waals surface area contributed by atoms with Crippen molar-refractivity contribution in [1.29, 1.82) is 5.26 Å². The lowest BCUT2D eigenvalue weighted by Gasteiger charge is -2.04. The zero-order valence-electron chi connectivity index (χ0n) is 7.01. The van der Waals surface area contributed by atoms with E-state index in [1.54, 1.807) is 26.8 Å². The highest BCUT2D eigenvalue weighted by Crippen LogP contribution is 1.91. The fourth-order valence-electron chi connectivity index (χ4n) is 0.474. The number of carbonyl (C=O) groups is 1. The van der Waals surface area contributed by atoms with E-state index in [-0.39, 0.29) is 5.91 Å². The molecule has 3 nitrogen and oxygen atoms in total. The van der Waals surface area contributed by atoms with E-state index in [9.17, 15) is 4.79 Å². The third-order valence-corrected chi connectivity index (χ3v) is 1.33. The second-order valence-electron chi connectivity index (χ2n) is 2.30. The van der Waals surface area contributed by atoms with Crippen molar-refractivity contribution in [2.75, 3.05) is 0 Å². The first-order chi connectivity index (χ1) is 5.11. The molecule has 0 aliphatic rings. The van der Waals surface area contributed by atoms with Gasteiger partial charge in [-0.05, 0) is 20.8 Å². The van der Waals surface area contributed by atoms with Gasteiger partial charge < -0.3 is 5.32 Å². The van der Waals surface area contributed by atoms with Crippen LogP contribution in [0.25, 0.3) is 0 Å². The average Bonchev–Trinajstić information content (AvgIpc) is 2.02. The van der Waals surface area contributed by atoms with Crippen molar-refractivity contribution in [3.05, 3.63) is 11.6 Å². The highest BCUT2D eigenvalue weighted by Gasteiger charge is 2.05. The number of allylic oxidation sites excluding steroid dienone is 1. The van der Waals surface area contributed by atoms with E-state index in [0.717, 1.165) is 0 Å². The molecule has 0 aromatic heterocycles. The predicted molar refractivity (Wildman–Crippen MR) is 42.6 cm³/mol. The van der Waals surface area contributed by atoms with Crippen LogP contribution in [0.3, 0.4) is 0 Å². The van der Waals surface area contributed by atoms with E-state index in [4.69, 9.17) is 5.26 Å². The van der Waals surface area contributed by atoms with Crippen LogP contribution in [0.1, 0.15) is 20.8 Å². The van der Waals surface area contributed by atoms with Crippen LogP contribution in [-0.4, -0.2) is 11.9 Å². The number of nitrogens with one attached hydrogen (secondary N) is 1. The molecule has 1 N–H and O–H groups in total. The molecule has 1 amide bonds. The Hall–Kier alpha value is -1.30. The number of hydrogen-bond donors (Lipinski definition) is 1. The molecule has 0 saturated heterocycles. The Labute approximate surface area is 66.7 Å². The van der Waals surface area contributed by atoms with Gasteiger partial charge >= 0.3 is 0 Å². The minimum atomic E-state index is -0.419. The number of carbonyl (C=O) groups excluding carboxylic acids is 1. The summed E-state index contributed by atoms with van der Waals surface area (Å²) in [5.74, 6) is -0.179. The lowest BCUT2D eigenvalue weighted by Crippen LogP contribution is -2.31. The Kier molecular flexibility index (Phi) is 3.97. The van der Waals surface area contributed by atoms with Crippen LogP contribution in [0.2, 0.25) is 0 Å². The predicted octanol–water partition coefficient (Wildman–Crippen LogP) is 0.981. The summed E-state index contributed by atoms with van der Waals surface area (Å²) in [6.45, 7) is 5.13. The molecule has 0 bridgehead atoms. The average molecular weight is 152 g/mol. The summed E-state index contributed by atoms with van der Waals surface area (Å²) < 4.78 is 0. The Balaban J connectivity index is 4.01. The first-order valence-corrected chi connectivity index (χ1v) is 3.45. The van der Waals surface area contributed by atoms with Crippen molar-refractivity contribution >= 4 is 5.91 Å². The summed E-state index contributed by atoms with van der Waals surface area (Å²) in [5.41, 5.74) is 0.632. The van der Waals surface area contributed by atoms with Gasteiger partial charge in [-0.3, -0.25) is 4.79 Å². The molecular weight excluding hydrogens is 140 g/mol. The molecule has 0 fully saturated rings. The smallest absolute Gasteiger partial charge is 0.247 e. The monoisotopic (exact) mass is 152 g/mol. The maximum atomic E-state index is 11.0. The van der Waals surface area contributed by atoms with E-state index >= 15 is 0 Å². The molecule has 3 heteroatoms. The molecule has 0 aromatic rings. The standard InChI is InChI=1S/C8H12N2O/c1-4-6(2)8(11)10-7(3)5-9/h4,7H,1-3H3,(H,10,11)/b6-4-/t7-/m0/s1. The van der Waals surface area contributed by atoms with Gasteiger partial charge in [-0.1, -0.05) is 6.08 Å². The van der Waals surface area contributed by atoms with Gasteiger partial charge in [0, 0.05) is 5.57 Å². The van der Waals surface area contributed by atoms with Crippen molar-refractivity contribution in [1.82, 2.24) is 5.32 Å². The summed E-state index contributed by atoms with van der Waals surface area (Å²) >= 11 is 0. The molecule has 0 spiro atoms. The lowest BCUT2D eigenvalue weighted by molar-refractivity contribution is -0.117. The number of amides is 1. The van der Waals surface area contributed by atoms with Gasteiger partial charge in [0.15, 0.2) is 0 Å². The molecule has 0 unspecified atom stereocenters. The Bertz CT molecular complexity index is 213. The molecule has 60 valence electrons. The maximum Gasteiger partial charge on any atom is 0.247 e. The SMILES string of the molecule is C/C=C(/C)C(=O)N[C@@H](C)C#N. The zero-order valence-corrected chi connectivity index (χ0v) is 7.01. The van der Waals surface area contributed by atoms with E-state index in [2.05, 4.69) is 5.32 Å². The minimum absolute atomic E-state index is 0.179. The van der Waals surface area contributed by atoms with Crippen LogP contribution in [0.5, 0.6) is 0 Å². The van der Waals surface area contributed by atoms with Crippen LogP contribution >= 0.6 is 0 Å². The summed E-state index contributed by atoms with van der Waals surface area (Å²) in [4.78, 5) is 11.0. The Morgan fingerprint density at radius 2 is 2.27 bits per heavy atom. The fourth-order valence-corrected chi connectivity index (χ4v) is 0.474. The van der Waals surface area contributed by atoms with Gasteiger partial charge in [0.25, 0.3) is 0 Å². The largest absolute Gasteiger partial charge is 0.337 e. The first-order valence-electron chi connectivity index (χ1n) is 3.45. The molecule has 11 heavy (non-hydrogen) atoms. The normalized spacial score (nSPS) is 13.5. The van der Waals surface area contributed by atoms with Gasteiger partial charge in [0.1, 0.15) is 6.04 Å². The Morgan fingerprint density at radius 3 is 2.64 bits per heavy atom. The highest BCUT2D eigenvalue weighted by molar-refractivity contribution is 5.92. The van der Waals surface area contributed by atoms with Crippen molar-refractivity contribution in [2.24, 2.45) is 0 Å². The van der Waals surface area contributed by atoms with Crippen molar-refractivity contribution < 1.29 is 4.79 Å². The quantitative estimate of drug-likeness (QED) is 0.600. The van der Waals surface area contributed by atoms with E-state index in [1.807, 2.05) is 6.07 Å². The van der Waals surface area contributed by atoms with Crippen molar-refractivity contribution in [3.8, 4) is 6.07 Å². The van der Waals surface area contributed by atoms with Gasteiger partial charge in [0.2, 0.25) is 5.91 Å². The highest BCUT2D eigenvalue weighted by atomic mass is 16.1. The van der Waals surface area contributed by atoms with Crippen molar-refractivity contribution in [2.45, 2.75) is 26.8 Å². The molecule has 1 atom stereocenters. The van der Waals surface area contributed by atoms with Crippen molar-refractivity contribution in [3.63, 3.8) is 0 Å². The molecule has 0 rings (SSSR count). The molecule has 0 aliphatic heterocycles. The molecule has 0 aliphatic carbocycles. The zero-order chi connectivity index (χ0) is 8.85. The lowest BCUT2D eigenvalue weighted by atomic mass is 10.2. The number of hydrogen-bond acceptors (Lipinski definition) is 2. The van der Waals surface area contributed by atoms with E-state index in [1.165, 1.54) is 0 Å². The molecule has 0 heterocycles. The minimum Gasteiger partial charge on any atom is -0.337 e. The Morgan fingerprint density at radius 1 is 1.73 bits per heavy atom. The summed E-state index contributed by atoms with van der Waals surface area (Å²) in [6.07, 6.45) is 1.71. The summed E-state index contributed by atoms with van der Waals surface area (Å²) in [5, 5.41) is 10.9. The molecular formula is C8H12N2O. The molecule has 0 aromatic carbocycles. The second-order valence-corrected chi connectivity index (χ2v) is 2.30. The van der Waals surface area contributed by atoms with E-state index < -0.39 is 6.04 Å². The first kappa shape index (κ1) is 9.70. The van der Waals surface area contributed by atoms with Crippen LogP contribution < -0.4 is 5.32 Å². The number of nitriles is 1. The van der Waals surface area contributed by atoms with Crippen LogP contribution in [0.15, 0.2) is 11.6 Å². The molecule has 0 radical (unpaired) electrons. The summed E-state index contributed by atoms with van der Waals surface area (Å²) in [6, 6.07) is 1.50. The third-order valence-electron chi connectivity index (χ3n) is 1.33. The topological polar surface area (TPSA) is 52.9 Å². The molecule has 0 saturated carbocycles. The summed E-state index contributed by atoms with van der Waals surface area (Å²) in [7, 11) is 0. The van der Waals surface area contributed by atoms with Gasteiger partial charge in [-0.15, -0.1) is 0 Å². The second kappa shape index (κ2) is 4.51. The van der Waals surface area contributed by atoms with E-state index in [0.29, 0.717) is 5.57 Å². The number of nitrogens with zero attached hydrogens (tertiary/aromatic N) is 1. The van der Waals surface area contributed by atoms with Gasteiger partial charge in [-0.2, -0.15) is 5.26 Å². The fraction of sp³-hybridized carbons (Fsp3) is 0.500. The van der Waals surface area contributed by atoms with Crippen LogP contribution in [0.4, 0.5) is 0 Å². The maximum absolute atomic E-state index is 11.0. The van der Waals surface area contributed by atoms with Gasteiger partial charge in [-0.25, -0.2) is 0 Å².